The third-order valence-electron chi connectivity index (χ3n) is 2.82. The van der Waals surface area contributed by atoms with Crippen molar-refractivity contribution in [2.75, 3.05) is 14.2 Å². The molecule has 0 aliphatic rings. The van der Waals surface area contributed by atoms with Crippen molar-refractivity contribution in [1.29, 1.82) is 0 Å². The van der Waals surface area contributed by atoms with Gasteiger partial charge in [-0.2, -0.15) is 0 Å². The maximum atomic E-state index is 12.0. The Morgan fingerprint density at radius 1 is 1.45 bits per heavy atom. The van der Waals surface area contributed by atoms with Gasteiger partial charge in [0.15, 0.2) is 0 Å². The summed E-state index contributed by atoms with van der Waals surface area (Å²) in [5.41, 5.74) is 0.692. The van der Waals surface area contributed by atoms with Gasteiger partial charge in [0.1, 0.15) is 5.82 Å². The van der Waals surface area contributed by atoms with Crippen LogP contribution in [-0.2, 0) is 11.3 Å². The van der Waals surface area contributed by atoms with Gasteiger partial charge < -0.3 is 0 Å². The molecule has 0 saturated heterocycles. The molecule has 0 aliphatic carbocycles. The van der Waals surface area contributed by atoms with Gasteiger partial charge in [-0.05, 0) is 12.1 Å². The summed E-state index contributed by atoms with van der Waals surface area (Å²) in [7, 11) is 2.91. The Morgan fingerprint density at radius 3 is 2.75 bits per heavy atom. The van der Waals surface area contributed by atoms with E-state index in [-0.39, 0.29) is 5.82 Å². The molecule has 0 unspecified atom stereocenters. The van der Waals surface area contributed by atoms with Crippen LogP contribution >= 0.6 is 11.6 Å². The molecule has 0 radical (unpaired) electrons. The molecule has 20 heavy (non-hydrogen) atoms. The van der Waals surface area contributed by atoms with Crippen LogP contribution in [0.25, 0.3) is 5.69 Å². The first kappa shape index (κ1) is 14.5. The normalized spacial score (nSPS) is 10.6. The molecule has 6 nitrogen and oxygen atoms in total. The first-order valence-corrected chi connectivity index (χ1v) is 6.49. The van der Waals surface area contributed by atoms with E-state index in [0.717, 1.165) is 5.06 Å². The lowest BCUT2D eigenvalue weighted by atomic mass is 10.3. The minimum atomic E-state index is -0.409. The fraction of sp³-hybridized carbons (Fsp3) is 0.308. The van der Waals surface area contributed by atoms with Crippen LogP contribution in [-0.4, -0.2) is 39.9 Å². The molecule has 1 amide bonds. The van der Waals surface area contributed by atoms with Gasteiger partial charge in [-0.25, -0.2) is 14.7 Å². The van der Waals surface area contributed by atoms with Crippen molar-refractivity contribution in [3.8, 4) is 5.69 Å². The van der Waals surface area contributed by atoms with E-state index in [9.17, 15) is 4.79 Å². The van der Waals surface area contributed by atoms with E-state index in [1.165, 1.54) is 14.2 Å². The number of hydrogen-bond acceptors (Lipinski definition) is 4. The molecule has 2 rings (SSSR count). The topological polar surface area (TPSA) is 60.3 Å². The minimum Gasteiger partial charge on any atom is -0.274 e. The molecule has 0 aliphatic heterocycles. The average Bonchev–Trinajstić information content (AvgIpc) is 2.90. The number of nitrogens with zero attached hydrogens (tertiary/aromatic N) is 4. The van der Waals surface area contributed by atoms with E-state index < -0.39 is 5.91 Å². The summed E-state index contributed by atoms with van der Waals surface area (Å²) in [5, 5.41) is 5.85. The van der Waals surface area contributed by atoms with Gasteiger partial charge in [0.05, 0.1) is 17.8 Å². The number of benzene rings is 1. The molecule has 7 heteroatoms. The predicted octanol–water partition coefficient (Wildman–Crippen LogP) is 2.12. The maximum Gasteiger partial charge on any atom is 0.316 e. The first-order chi connectivity index (χ1) is 9.58. The van der Waals surface area contributed by atoms with Crippen molar-refractivity contribution in [1.82, 2.24) is 19.8 Å². The van der Waals surface area contributed by atoms with Crippen molar-refractivity contribution in [2.45, 2.75) is 13.3 Å². The van der Waals surface area contributed by atoms with Crippen molar-refractivity contribution < 1.29 is 9.63 Å². The summed E-state index contributed by atoms with van der Waals surface area (Å²) in [5.74, 6) is 0.324. The first-order valence-electron chi connectivity index (χ1n) is 6.11. The van der Waals surface area contributed by atoms with E-state index in [2.05, 4.69) is 10.1 Å². The largest absolute Gasteiger partial charge is 0.316 e. The van der Waals surface area contributed by atoms with E-state index in [0.29, 0.717) is 23.0 Å². The lowest BCUT2D eigenvalue weighted by molar-refractivity contribution is -0.0764. The number of carbonyl (C=O) groups excluding carboxylic acids is 1. The monoisotopic (exact) mass is 294 g/mol. The number of hydrogen-bond donors (Lipinski definition) is 0. The molecule has 0 atom stereocenters. The highest BCUT2D eigenvalue weighted by atomic mass is 35.5. The van der Waals surface area contributed by atoms with Crippen LogP contribution in [0.4, 0.5) is 0 Å². The smallest absolute Gasteiger partial charge is 0.274 e. The molecule has 1 aromatic heterocycles. The van der Waals surface area contributed by atoms with Gasteiger partial charge in [0.2, 0.25) is 5.82 Å². The van der Waals surface area contributed by atoms with Gasteiger partial charge in [0.25, 0.3) is 0 Å². The van der Waals surface area contributed by atoms with E-state index >= 15 is 0 Å². The highest BCUT2D eigenvalue weighted by Crippen LogP contribution is 2.20. The summed E-state index contributed by atoms with van der Waals surface area (Å²) >= 11 is 6.16. The average molecular weight is 295 g/mol. The van der Waals surface area contributed by atoms with Crippen LogP contribution in [0.2, 0.25) is 5.02 Å². The quantitative estimate of drug-likeness (QED) is 0.810. The molecule has 0 saturated carbocycles. The van der Waals surface area contributed by atoms with Crippen LogP contribution in [0.15, 0.2) is 24.3 Å². The Morgan fingerprint density at radius 2 is 2.15 bits per heavy atom. The molecule has 0 bridgehead atoms. The maximum absolute atomic E-state index is 12.0. The zero-order chi connectivity index (χ0) is 14.7. The number of carbonyl (C=O) groups is 1. The second-order valence-electron chi connectivity index (χ2n) is 4.05. The fourth-order valence-electron chi connectivity index (χ4n) is 1.70. The van der Waals surface area contributed by atoms with Crippen LogP contribution in [0.3, 0.4) is 0 Å². The highest BCUT2D eigenvalue weighted by Gasteiger charge is 2.20. The van der Waals surface area contributed by atoms with E-state index in [1.54, 1.807) is 10.7 Å². The standard InChI is InChI=1S/C13H15ClN4O2/c1-4-11-15-12(13(19)17(2)20-3)16-18(11)10-8-6-5-7-9(10)14/h5-8H,4H2,1-3H3. The number of halogens is 1. The summed E-state index contributed by atoms with van der Waals surface area (Å²) in [4.78, 5) is 21.1. The summed E-state index contributed by atoms with van der Waals surface area (Å²) < 4.78 is 1.58. The molecule has 1 heterocycles. The number of amides is 1. The van der Waals surface area contributed by atoms with Crippen molar-refractivity contribution in [3.05, 3.63) is 40.9 Å². The van der Waals surface area contributed by atoms with Gasteiger partial charge in [-0.1, -0.05) is 30.7 Å². The molecule has 2 aromatic rings. The second-order valence-corrected chi connectivity index (χ2v) is 4.46. The van der Waals surface area contributed by atoms with E-state index in [1.807, 2.05) is 25.1 Å². The summed E-state index contributed by atoms with van der Waals surface area (Å²) in [6.45, 7) is 1.94. The van der Waals surface area contributed by atoms with Gasteiger partial charge >= 0.3 is 5.91 Å². The number of rotatable bonds is 4. The number of aryl methyl sites for hydroxylation is 1. The molecular weight excluding hydrogens is 280 g/mol. The molecule has 106 valence electrons. The minimum absolute atomic E-state index is 0.0751. The SMILES string of the molecule is CCc1nc(C(=O)N(C)OC)nn1-c1ccccc1Cl. The Labute approximate surface area is 121 Å². The molecular formula is C13H15ClN4O2. The Balaban J connectivity index is 2.48. The lowest BCUT2D eigenvalue weighted by Crippen LogP contribution is -2.26. The Bertz CT molecular complexity index is 627. The van der Waals surface area contributed by atoms with Crippen molar-refractivity contribution >= 4 is 17.5 Å². The van der Waals surface area contributed by atoms with Crippen LogP contribution in [0, 0.1) is 0 Å². The highest BCUT2D eigenvalue weighted by molar-refractivity contribution is 6.32. The van der Waals surface area contributed by atoms with Crippen LogP contribution < -0.4 is 0 Å². The third kappa shape index (κ3) is 2.66. The zero-order valence-electron chi connectivity index (χ0n) is 11.5. The van der Waals surface area contributed by atoms with Gasteiger partial charge in [-0.15, -0.1) is 5.10 Å². The molecule has 0 fully saturated rings. The molecule has 0 spiro atoms. The lowest BCUT2D eigenvalue weighted by Gasteiger charge is -2.10. The molecule has 1 aromatic carbocycles. The van der Waals surface area contributed by atoms with Crippen molar-refractivity contribution in [3.63, 3.8) is 0 Å². The summed E-state index contributed by atoms with van der Waals surface area (Å²) in [6.07, 6.45) is 0.627. The van der Waals surface area contributed by atoms with Crippen molar-refractivity contribution in [2.24, 2.45) is 0 Å². The Kier molecular flexibility index (Phi) is 4.36. The zero-order valence-corrected chi connectivity index (χ0v) is 12.3. The predicted molar refractivity (Wildman–Crippen MR) is 74.8 cm³/mol. The van der Waals surface area contributed by atoms with Gasteiger partial charge in [0, 0.05) is 13.5 Å². The number of para-hydroxylation sites is 1. The fourth-order valence-corrected chi connectivity index (χ4v) is 1.92. The number of aromatic nitrogens is 3. The second kappa shape index (κ2) is 6.02. The van der Waals surface area contributed by atoms with E-state index in [4.69, 9.17) is 16.4 Å². The number of hydroxylamine groups is 2. The Hall–Kier alpha value is -1.92. The third-order valence-corrected chi connectivity index (χ3v) is 3.14. The summed E-state index contributed by atoms with van der Waals surface area (Å²) in [6, 6.07) is 7.27. The van der Waals surface area contributed by atoms with Crippen LogP contribution in [0.1, 0.15) is 23.4 Å². The van der Waals surface area contributed by atoms with Gasteiger partial charge in [-0.3, -0.25) is 9.63 Å². The van der Waals surface area contributed by atoms with Crippen LogP contribution in [0.5, 0.6) is 0 Å². The molecule has 0 N–H and O–H groups in total.